The maximum Gasteiger partial charge on any atom is 0.137 e. The van der Waals surface area contributed by atoms with Crippen LogP contribution in [0.5, 0.6) is 0 Å². The predicted molar refractivity (Wildman–Crippen MR) is 120 cm³/mol. The highest BCUT2D eigenvalue weighted by Gasteiger charge is 2.16. The molecule has 1 fully saturated rings. The van der Waals surface area contributed by atoms with Crippen molar-refractivity contribution in [1.29, 1.82) is 0 Å². The van der Waals surface area contributed by atoms with E-state index >= 15 is 0 Å². The Morgan fingerprint density at radius 2 is 1.55 bits per heavy atom. The summed E-state index contributed by atoms with van der Waals surface area (Å²) in [6.07, 6.45) is 7.36. The van der Waals surface area contributed by atoms with Crippen molar-refractivity contribution >= 4 is 17.8 Å². The summed E-state index contributed by atoms with van der Waals surface area (Å²) >= 11 is 0. The summed E-state index contributed by atoms with van der Waals surface area (Å²) in [6.45, 7) is 5.68. The molecule has 4 nitrogen and oxygen atoms in total. The van der Waals surface area contributed by atoms with Crippen LogP contribution < -0.4 is 4.90 Å². The molecule has 0 atom stereocenters. The van der Waals surface area contributed by atoms with Crippen LogP contribution in [0.3, 0.4) is 0 Å². The molecule has 0 unspecified atom stereocenters. The van der Waals surface area contributed by atoms with Gasteiger partial charge in [-0.1, -0.05) is 59.8 Å². The number of unbranched alkanes of at least 4 members (excludes halogenated alkanes) is 1. The summed E-state index contributed by atoms with van der Waals surface area (Å²) in [5.74, 6) is 0.978. The molecule has 0 amide bonds. The number of hydrogen-bond acceptors (Lipinski definition) is 4. The second-order valence-corrected chi connectivity index (χ2v) is 7.58. The average Bonchev–Trinajstić information content (AvgIpc) is 3.25. The summed E-state index contributed by atoms with van der Waals surface area (Å²) in [6, 6.07) is 23.0. The number of para-hydroxylation sites is 1. The molecule has 3 aromatic rings. The number of aromatic nitrogens is 1. The Morgan fingerprint density at radius 3 is 2.31 bits per heavy atom. The summed E-state index contributed by atoms with van der Waals surface area (Å²) < 4.78 is 5.49. The van der Waals surface area contributed by atoms with Gasteiger partial charge in [0.1, 0.15) is 11.5 Å². The molecule has 2 heterocycles. The van der Waals surface area contributed by atoms with Crippen LogP contribution in [-0.4, -0.2) is 42.8 Å². The van der Waals surface area contributed by atoms with Gasteiger partial charge in [0, 0.05) is 44.4 Å². The molecule has 0 bridgehead atoms. The Balaban J connectivity index is 1.14. The van der Waals surface area contributed by atoms with Crippen molar-refractivity contribution in [2.75, 3.05) is 37.6 Å². The molecule has 0 aliphatic carbocycles. The summed E-state index contributed by atoms with van der Waals surface area (Å²) in [5.41, 5.74) is 3.40. The van der Waals surface area contributed by atoms with Gasteiger partial charge in [-0.3, -0.25) is 4.90 Å². The van der Waals surface area contributed by atoms with Crippen molar-refractivity contribution in [2.45, 2.75) is 19.3 Å². The van der Waals surface area contributed by atoms with Crippen LogP contribution in [0.15, 0.2) is 71.3 Å². The van der Waals surface area contributed by atoms with Gasteiger partial charge in [0.2, 0.25) is 0 Å². The number of hydrogen-bond donors (Lipinski definition) is 0. The molecular formula is C25H29N3O. The minimum absolute atomic E-state index is 0.890. The van der Waals surface area contributed by atoms with Gasteiger partial charge in [0.05, 0.1) is 0 Å². The van der Waals surface area contributed by atoms with Crippen LogP contribution in [0.1, 0.15) is 29.9 Å². The predicted octanol–water partition coefficient (Wildman–Crippen LogP) is 4.99. The zero-order valence-corrected chi connectivity index (χ0v) is 16.9. The van der Waals surface area contributed by atoms with Gasteiger partial charge in [0.15, 0.2) is 0 Å². The Morgan fingerprint density at radius 1 is 0.828 bits per heavy atom. The smallest absolute Gasteiger partial charge is 0.137 e. The second-order valence-electron chi connectivity index (χ2n) is 7.58. The van der Waals surface area contributed by atoms with Gasteiger partial charge in [-0.05, 0) is 43.2 Å². The fraction of sp³-hybridized carbons (Fsp3) is 0.320. The summed E-state index contributed by atoms with van der Waals surface area (Å²) in [4.78, 5) is 5.06. The van der Waals surface area contributed by atoms with Crippen LogP contribution in [0, 0.1) is 0 Å². The molecule has 1 saturated heterocycles. The van der Waals surface area contributed by atoms with E-state index in [0.717, 1.165) is 57.0 Å². The normalized spacial score (nSPS) is 15.2. The molecule has 4 heteroatoms. The standard InChI is InChI=1S/C25H29N3O/c1-3-9-22(10-4-1)14-15-23-21-25(29-26-23)13-7-8-16-27-17-19-28(20-18-27)24-11-5-2-6-12-24/h1-6,9-12,14-15,21H,7-8,13,16-20H2. The van der Waals surface area contributed by atoms with E-state index in [2.05, 4.69) is 69.6 Å². The van der Waals surface area contributed by atoms with Crippen molar-refractivity contribution in [3.63, 3.8) is 0 Å². The Hall–Kier alpha value is -2.85. The molecule has 1 aliphatic heterocycles. The first kappa shape index (κ1) is 19.5. The lowest BCUT2D eigenvalue weighted by Gasteiger charge is -2.36. The van der Waals surface area contributed by atoms with Crippen molar-refractivity contribution < 1.29 is 4.52 Å². The first-order chi connectivity index (χ1) is 14.4. The quantitative estimate of drug-likeness (QED) is 0.510. The van der Waals surface area contributed by atoms with E-state index in [9.17, 15) is 0 Å². The lowest BCUT2D eigenvalue weighted by Crippen LogP contribution is -2.46. The van der Waals surface area contributed by atoms with Crippen LogP contribution in [0.2, 0.25) is 0 Å². The first-order valence-electron chi connectivity index (χ1n) is 10.6. The monoisotopic (exact) mass is 387 g/mol. The van der Waals surface area contributed by atoms with Crippen LogP contribution in [-0.2, 0) is 6.42 Å². The minimum atomic E-state index is 0.890. The van der Waals surface area contributed by atoms with E-state index in [1.165, 1.54) is 17.7 Å². The first-order valence-corrected chi connectivity index (χ1v) is 10.6. The van der Waals surface area contributed by atoms with E-state index in [1.54, 1.807) is 0 Å². The number of rotatable bonds is 8. The third-order valence-corrected chi connectivity index (χ3v) is 5.46. The topological polar surface area (TPSA) is 32.5 Å². The lowest BCUT2D eigenvalue weighted by atomic mass is 10.1. The molecule has 0 N–H and O–H groups in total. The fourth-order valence-electron chi connectivity index (χ4n) is 3.77. The zero-order chi connectivity index (χ0) is 19.7. The van der Waals surface area contributed by atoms with Crippen molar-refractivity contribution in [2.24, 2.45) is 0 Å². The maximum atomic E-state index is 5.49. The van der Waals surface area contributed by atoms with Crippen LogP contribution in [0.4, 0.5) is 5.69 Å². The highest BCUT2D eigenvalue weighted by atomic mass is 16.5. The molecule has 4 rings (SSSR count). The van der Waals surface area contributed by atoms with Crippen molar-refractivity contribution in [3.05, 3.63) is 83.7 Å². The molecule has 2 aromatic carbocycles. The molecule has 0 saturated carbocycles. The highest BCUT2D eigenvalue weighted by Crippen LogP contribution is 2.16. The maximum absolute atomic E-state index is 5.49. The van der Waals surface area contributed by atoms with E-state index in [4.69, 9.17) is 4.52 Å². The van der Waals surface area contributed by atoms with Gasteiger partial charge < -0.3 is 9.42 Å². The lowest BCUT2D eigenvalue weighted by molar-refractivity contribution is 0.251. The number of benzene rings is 2. The molecule has 1 aliphatic rings. The van der Waals surface area contributed by atoms with Crippen molar-refractivity contribution in [1.82, 2.24) is 10.1 Å². The highest BCUT2D eigenvalue weighted by molar-refractivity contribution is 5.67. The summed E-state index contributed by atoms with van der Waals surface area (Å²) in [7, 11) is 0. The number of anilines is 1. The average molecular weight is 388 g/mol. The number of aryl methyl sites for hydroxylation is 1. The molecular weight excluding hydrogens is 358 g/mol. The van der Waals surface area contributed by atoms with E-state index in [0.29, 0.717) is 0 Å². The Labute approximate surface area is 173 Å². The Kier molecular flexibility index (Phi) is 6.76. The minimum Gasteiger partial charge on any atom is -0.369 e. The SMILES string of the molecule is C(=Cc1cc(CCCCN2CCN(c3ccccc3)CC2)on1)c1ccccc1. The third kappa shape index (κ3) is 5.81. The van der Waals surface area contributed by atoms with Crippen LogP contribution >= 0.6 is 0 Å². The van der Waals surface area contributed by atoms with E-state index in [1.807, 2.05) is 24.3 Å². The third-order valence-electron chi connectivity index (χ3n) is 5.46. The zero-order valence-electron chi connectivity index (χ0n) is 16.9. The molecule has 0 radical (unpaired) electrons. The van der Waals surface area contributed by atoms with Gasteiger partial charge in [-0.15, -0.1) is 0 Å². The van der Waals surface area contributed by atoms with Gasteiger partial charge in [-0.25, -0.2) is 0 Å². The van der Waals surface area contributed by atoms with Gasteiger partial charge in [-0.2, -0.15) is 0 Å². The molecule has 29 heavy (non-hydrogen) atoms. The van der Waals surface area contributed by atoms with Crippen molar-refractivity contribution in [3.8, 4) is 0 Å². The summed E-state index contributed by atoms with van der Waals surface area (Å²) in [5, 5.41) is 4.16. The van der Waals surface area contributed by atoms with Gasteiger partial charge in [0.25, 0.3) is 0 Å². The molecule has 1 aromatic heterocycles. The second kappa shape index (κ2) is 10.1. The number of piperazine rings is 1. The largest absolute Gasteiger partial charge is 0.369 e. The Bertz CT molecular complexity index is 881. The molecule has 150 valence electrons. The van der Waals surface area contributed by atoms with Crippen LogP contribution in [0.25, 0.3) is 12.2 Å². The van der Waals surface area contributed by atoms with E-state index < -0.39 is 0 Å². The fourth-order valence-corrected chi connectivity index (χ4v) is 3.77. The molecule has 0 spiro atoms. The van der Waals surface area contributed by atoms with E-state index in [-0.39, 0.29) is 0 Å². The number of nitrogens with zero attached hydrogens (tertiary/aromatic N) is 3. The van der Waals surface area contributed by atoms with Gasteiger partial charge >= 0.3 is 0 Å².